The third-order valence-electron chi connectivity index (χ3n) is 2.75. The zero-order valence-corrected chi connectivity index (χ0v) is 10.0. The molecule has 0 radical (unpaired) electrons. The van der Waals surface area contributed by atoms with Gasteiger partial charge in [0, 0.05) is 12.1 Å². The molecular formula is C14H10F4O2. The van der Waals surface area contributed by atoms with E-state index in [0.29, 0.717) is 12.1 Å². The lowest BCUT2D eigenvalue weighted by Crippen LogP contribution is -2.11. The summed E-state index contributed by atoms with van der Waals surface area (Å²) >= 11 is 0. The summed E-state index contributed by atoms with van der Waals surface area (Å²) < 4.78 is 52.1. The molecule has 0 aliphatic heterocycles. The largest absolute Gasteiger partial charge is 0.385 e. The predicted molar refractivity (Wildman–Crippen MR) is 62.6 cm³/mol. The Kier molecular flexibility index (Phi) is 4.06. The normalized spacial score (nSPS) is 14.1. The molecule has 2 aromatic carbocycles. The number of aliphatic hydroxyl groups is 2. The van der Waals surface area contributed by atoms with Crippen LogP contribution in [0.4, 0.5) is 17.6 Å². The standard InChI is InChI=1S/C14H10F4O2/c15-9-1-7(2-10(16)5-9)13(19)14(20)8-3-11(17)6-12(18)4-8/h1-6,13-14,19-20H. The van der Waals surface area contributed by atoms with Crippen LogP contribution in [0.3, 0.4) is 0 Å². The quantitative estimate of drug-likeness (QED) is 0.852. The van der Waals surface area contributed by atoms with Gasteiger partial charge in [-0.15, -0.1) is 0 Å². The fourth-order valence-corrected chi connectivity index (χ4v) is 1.86. The summed E-state index contributed by atoms with van der Waals surface area (Å²) in [5.74, 6) is -3.73. The molecule has 106 valence electrons. The maximum absolute atomic E-state index is 13.0. The van der Waals surface area contributed by atoms with Gasteiger partial charge in [-0.05, 0) is 35.4 Å². The summed E-state index contributed by atoms with van der Waals surface area (Å²) in [6.45, 7) is 0. The van der Waals surface area contributed by atoms with Gasteiger partial charge in [0.1, 0.15) is 35.5 Å². The Morgan fingerprint density at radius 2 is 0.800 bits per heavy atom. The van der Waals surface area contributed by atoms with Gasteiger partial charge in [-0.1, -0.05) is 0 Å². The summed E-state index contributed by atoms with van der Waals surface area (Å²) in [6.07, 6.45) is -3.44. The highest BCUT2D eigenvalue weighted by Gasteiger charge is 2.22. The zero-order valence-electron chi connectivity index (χ0n) is 10.0. The van der Waals surface area contributed by atoms with E-state index in [1.54, 1.807) is 0 Å². The van der Waals surface area contributed by atoms with Gasteiger partial charge >= 0.3 is 0 Å². The van der Waals surface area contributed by atoms with E-state index >= 15 is 0 Å². The first-order chi connectivity index (χ1) is 9.36. The Bertz CT molecular complexity index is 535. The molecule has 2 atom stereocenters. The molecule has 2 rings (SSSR count). The molecule has 2 unspecified atom stereocenters. The molecule has 20 heavy (non-hydrogen) atoms. The number of hydrogen-bond acceptors (Lipinski definition) is 2. The molecule has 0 bridgehead atoms. The highest BCUT2D eigenvalue weighted by atomic mass is 19.1. The maximum atomic E-state index is 13.0. The lowest BCUT2D eigenvalue weighted by Gasteiger charge is -2.19. The van der Waals surface area contributed by atoms with Gasteiger partial charge in [-0.2, -0.15) is 0 Å². The van der Waals surface area contributed by atoms with Gasteiger partial charge in [0.15, 0.2) is 0 Å². The average molecular weight is 286 g/mol. The molecule has 2 aromatic rings. The van der Waals surface area contributed by atoms with Crippen molar-refractivity contribution in [2.75, 3.05) is 0 Å². The van der Waals surface area contributed by atoms with Crippen LogP contribution < -0.4 is 0 Å². The van der Waals surface area contributed by atoms with Crippen molar-refractivity contribution in [3.05, 3.63) is 70.8 Å². The van der Waals surface area contributed by atoms with E-state index in [9.17, 15) is 27.8 Å². The van der Waals surface area contributed by atoms with Crippen molar-refractivity contribution in [3.63, 3.8) is 0 Å². The molecule has 0 heterocycles. The first-order valence-corrected chi connectivity index (χ1v) is 5.65. The molecule has 2 nitrogen and oxygen atoms in total. The van der Waals surface area contributed by atoms with Crippen LogP contribution >= 0.6 is 0 Å². The highest BCUT2D eigenvalue weighted by Crippen LogP contribution is 2.30. The summed E-state index contributed by atoms with van der Waals surface area (Å²) in [6, 6.07) is 4.51. The molecule has 0 saturated carbocycles. The van der Waals surface area contributed by atoms with Gasteiger partial charge in [0.25, 0.3) is 0 Å². The van der Waals surface area contributed by atoms with Crippen molar-refractivity contribution in [2.45, 2.75) is 12.2 Å². The molecule has 6 heteroatoms. The number of aliphatic hydroxyl groups excluding tert-OH is 2. The summed E-state index contributed by atoms with van der Waals surface area (Å²) in [7, 11) is 0. The first kappa shape index (κ1) is 14.5. The third-order valence-corrected chi connectivity index (χ3v) is 2.75. The van der Waals surface area contributed by atoms with Crippen molar-refractivity contribution < 1.29 is 27.8 Å². The van der Waals surface area contributed by atoms with Gasteiger partial charge in [-0.25, -0.2) is 17.6 Å². The zero-order chi connectivity index (χ0) is 14.9. The van der Waals surface area contributed by atoms with E-state index < -0.39 is 35.5 Å². The van der Waals surface area contributed by atoms with Crippen molar-refractivity contribution in [2.24, 2.45) is 0 Å². The van der Waals surface area contributed by atoms with Crippen molar-refractivity contribution >= 4 is 0 Å². The minimum Gasteiger partial charge on any atom is -0.385 e. The van der Waals surface area contributed by atoms with Gasteiger partial charge < -0.3 is 10.2 Å². The summed E-state index contributed by atoms with van der Waals surface area (Å²) in [4.78, 5) is 0. The molecule has 2 N–H and O–H groups in total. The van der Waals surface area contributed by atoms with E-state index in [2.05, 4.69) is 0 Å². The molecule has 0 aliphatic rings. The number of rotatable bonds is 3. The lowest BCUT2D eigenvalue weighted by molar-refractivity contribution is 0.0165. The Hall–Kier alpha value is -1.92. The average Bonchev–Trinajstić information content (AvgIpc) is 2.34. The minimum atomic E-state index is -1.72. The van der Waals surface area contributed by atoms with Gasteiger partial charge in [-0.3, -0.25) is 0 Å². The monoisotopic (exact) mass is 286 g/mol. The van der Waals surface area contributed by atoms with Crippen LogP contribution in [0.2, 0.25) is 0 Å². The fraction of sp³-hybridized carbons (Fsp3) is 0.143. The van der Waals surface area contributed by atoms with E-state index in [1.807, 2.05) is 0 Å². The van der Waals surface area contributed by atoms with E-state index in [0.717, 1.165) is 24.3 Å². The number of halogens is 4. The SMILES string of the molecule is OC(c1cc(F)cc(F)c1)C(O)c1cc(F)cc(F)c1. The summed E-state index contributed by atoms with van der Waals surface area (Å²) in [5.41, 5.74) is -0.473. The maximum Gasteiger partial charge on any atom is 0.126 e. The van der Waals surface area contributed by atoms with Crippen LogP contribution in [0, 0.1) is 23.3 Å². The van der Waals surface area contributed by atoms with Gasteiger partial charge in [0.2, 0.25) is 0 Å². The fourth-order valence-electron chi connectivity index (χ4n) is 1.86. The first-order valence-electron chi connectivity index (χ1n) is 5.65. The highest BCUT2D eigenvalue weighted by molar-refractivity contribution is 5.26. The Morgan fingerprint density at radius 3 is 1.05 bits per heavy atom. The minimum absolute atomic E-state index is 0.236. The smallest absolute Gasteiger partial charge is 0.126 e. The Morgan fingerprint density at radius 1 is 0.550 bits per heavy atom. The van der Waals surface area contributed by atoms with Crippen LogP contribution in [0.1, 0.15) is 23.3 Å². The van der Waals surface area contributed by atoms with Crippen molar-refractivity contribution in [1.29, 1.82) is 0 Å². The molecule has 0 fully saturated rings. The number of benzene rings is 2. The molecule has 0 aliphatic carbocycles. The lowest BCUT2D eigenvalue weighted by atomic mass is 9.98. The molecule has 0 aromatic heterocycles. The molecule has 0 spiro atoms. The van der Waals surface area contributed by atoms with Crippen molar-refractivity contribution in [3.8, 4) is 0 Å². The van der Waals surface area contributed by atoms with Crippen molar-refractivity contribution in [1.82, 2.24) is 0 Å². The Labute approximate surface area is 111 Å². The van der Waals surface area contributed by atoms with Crippen LogP contribution in [0.5, 0.6) is 0 Å². The van der Waals surface area contributed by atoms with E-state index in [-0.39, 0.29) is 11.1 Å². The number of hydrogen-bond donors (Lipinski definition) is 2. The van der Waals surface area contributed by atoms with E-state index in [4.69, 9.17) is 0 Å². The second-order valence-corrected chi connectivity index (χ2v) is 4.30. The Balaban J connectivity index is 2.34. The van der Waals surface area contributed by atoms with Crippen LogP contribution in [-0.4, -0.2) is 10.2 Å². The van der Waals surface area contributed by atoms with Crippen LogP contribution in [-0.2, 0) is 0 Å². The topological polar surface area (TPSA) is 40.5 Å². The predicted octanol–water partition coefficient (Wildman–Crippen LogP) is 3.01. The van der Waals surface area contributed by atoms with Crippen LogP contribution in [0.25, 0.3) is 0 Å². The molecule has 0 saturated heterocycles. The van der Waals surface area contributed by atoms with E-state index in [1.165, 1.54) is 0 Å². The van der Waals surface area contributed by atoms with Crippen LogP contribution in [0.15, 0.2) is 36.4 Å². The van der Waals surface area contributed by atoms with Gasteiger partial charge in [0.05, 0.1) is 0 Å². The molecular weight excluding hydrogens is 276 g/mol. The second-order valence-electron chi connectivity index (χ2n) is 4.30. The summed E-state index contributed by atoms with van der Waals surface area (Å²) in [5, 5.41) is 19.7. The third kappa shape index (κ3) is 3.15. The second kappa shape index (κ2) is 5.60. The molecule has 0 amide bonds.